The van der Waals surface area contributed by atoms with Gasteiger partial charge in [0.2, 0.25) is 0 Å². The minimum atomic E-state index is -0.593. The number of nitrogens with zero attached hydrogens (tertiary/aromatic N) is 1. The molecule has 0 radical (unpaired) electrons. The van der Waals surface area contributed by atoms with Crippen LogP contribution < -0.4 is 5.32 Å². The summed E-state index contributed by atoms with van der Waals surface area (Å²) in [5.74, 6) is -1.72. The Hall–Kier alpha value is -1.61. The lowest BCUT2D eigenvalue weighted by molar-refractivity contribution is -0.162. The van der Waals surface area contributed by atoms with E-state index in [4.69, 9.17) is 9.47 Å². The van der Waals surface area contributed by atoms with Crippen molar-refractivity contribution < 1.29 is 19.1 Å². The van der Waals surface area contributed by atoms with Gasteiger partial charge in [0, 0.05) is 12.5 Å². The van der Waals surface area contributed by atoms with Crippen LogP contribution >= 0.6 is 0 Å². The second kappa shape index (κ2) is 6.36. The first-order valence-corrected chi connectivity index (χ1v) is 8.51. The molecular weight excluding hydrogens is 308 g/mol. The molecule has 6 nitrogen and oxygen atoms in total. The van der Waals surface area contributed by atoms with Gasteiger partial charge in [-0.3, -0.25) is 9.59 Å². The number of rotatable bonds is 2. The molecule has 2 fully saturated rings. The molecule has 6 heteroatoms. The van der Waals surface area contributed by atoms with Crippen molar-refractivity contribution in [2.24, 2.45) is 23.7 Å². The Bertz CT molecular complexity index is 553. The predicted molar refractivity (Wildman–Crippen MR) is 87.7 cm³/mol. The standard InChI is InChI=1S/C18H28N2O4/c1-17(2,3)23-15(21)10-7-11(16(22)24-18(4,5)6)14-12(10)9-20-13(14)8-19/h10-14,20H,7,9H2,1-6H3/t10-,11+,12-,13?,14+/m1/s1. The molecule has 1 aliphatic carbocycles. The van der Waals surface area contributed by atoms with Crippen LogP contribution in [-0.4, -0.2) is 35.7 Å². The number of hydrogen-bond acceptors (Lipinski definition) is 6. The molecule has 0 aromatic carbocycles. The maximum Gasteiger partial charge on any atom is 0.309 e. The SMILES string of the molecule is CC(C)(C)OC(=O)[C@H]1C[C@@H](C(=O)OC(C)(C)C)[C@H]2CNC(C#N)[C@H]21. The molecule has 1 heterocycles. The largest absolute Gasteiger partial charge is 0.460 e. The topological polar surface area (TPSA) is 88.4 Å². The van der Waals surface area contributed by atoms with Crippen LogP contribution in [0.2, 0.25) is 0 Å². The minimum Gasteiger partial charge on any atom is -0.460 e. The van der Waals surface area contributed by atoms with E-state index in [2.05, 4.69) is 11.4 Å². The highest BCUT2D eigenvalue weighted by molar-refractivity contribution is 5.79. The molecule has 24 heavy (non-hydrogen) atoms. The summed E-state index contributed by atoms with van der Waals surface area (Å²) in [4.78, 5) is 25.2. The molecule has 5 atom stereocenters. The summed E-state index contributed by atoms with van der Waals surface area (Å²) in [6, 6.07) is 1.79. The van der Waals surface area contributed by atoms with Crippen molar-refractivity contribution in [3.05, 3.63) is 0 Å². The second-order valence-corrected chi connectivity index (χ2v) is 8.77. The molecule has 2 rings (SSSR count). The van der Waals surface area contributed by atoms with Gasteiger partial charge in [0.05, 0.1) is 23.9 Å². The summed E-state index contributed by atoms with van der Waals surface area (Å²) in [6.45, 7) is 11.5. The van der Waals surface area contributed by atoms with Crippen LogP contribution in [0.1, 0.15) is 48.0 Å². The van der Waals surface area contributed by atoms with Crippen LogP contribution in [-0.2, 0) is 19.1 Å². The molecule has 0 spiro atoms. The Morgan fingerprint density at radius 1 is 1.00 bits per heavy atom. The molecule has 1 aliphatic heterocycles. The smallest absolute Gasteiger partial charge is 0.309 e. The zero-order valence-electron chi connectivity index (χ0n) is 15.4. The molecule has 0 aromatic heterocycles. The van der Waals surface area contributed by atoms with Gasteiger partial charge >= 0.3 is 11.9 Å². The third-order valence-electron chi connectivity index (χ3n) is 4.50. The Kier molecular flexibility index (Phi) is 4.96. The van der Waals surface area contributed by atoms with E-state index in [1.165, 1.54) is 0 Å². The lowest BCUT2D eigenvalue weighted by atomic mass is 9.85. The van der Waals surface area contributed by atoms with Crippen molar-refractivity contribution in [3.63, 3.8) is 0 Å². The van der Waals surface area contributed by atoms with Crippen LogP contribution in [0.4, 0.5) is 0 Å². The first kappa shape index (κ1) is 18.7. The quantitative estimate of drug-likeness (QED) is 0.776. The highest BCUT2D eigenvalue weighted by Gasteiger charge is 2.56. The van der Waals surface area contributed by atoms with Crippen molar-refractivity contribution >= 4 is 11.9 Å². The fraction of sp³-hybridized carbons (Fsp3) is 0.833. The Balaban J connectivity index is 2.22. The summed E-state index contributed by atoms with van der Waals surface area (Å²) in [5, 5.41) is 12.5. The van der Waals surface area contributed by atoms with E-state index in [1.807, 2.05) is 41.5 Å². The number of fused-ring (bicyclic) bond motifs is 1. The molecule has 0 bridgehead atoms. The maximum absolute atomic E-state index is 12.6. The van der Waals surface area contributed by atoms with Crippen LogP contribution in [0.25, 0.3) is 0 Å². The van der Waals surface area contributed by atoms with Gasteiger partial charge in [-0.1, -0.05) is 0 Å². The summed E-state index contributed by atoms with van der Waals surface area (Å²) >= 11 is 0. The molecular formula is C18H28N2O4. The zero-order chi connectivity index (χ0) is 18.3. The van der Waals surface area contributed by atoms with E-state index in [-0.39, 0.29) is 29.7 Å². The summed E-state index contributed by atoms with van der Waals surface area (Å²) in [5.41, 5.74) is -1.16. The molecule has 1 saturated heterocycles. The first-order chi connectivity index (χ1) is 10.9. The first-order valence-electron chi connectivity index (χ1n) is 8.51. The van der Waals surface area contributed by atoms with Gasteiger partial charge in [0.25, 0.3) is 0 Å². The number of carbonyl (C=O) groups is 2. The van der Waals surface area contributed by atoms with Crippen LogP contribution in [0.5, 0.6) is 0 Å². The van der Waals surface area contributed by atoms with E-state index < -0.39 is 23.2 Å². The van der Waals surface area contributed by atoms with Crippen molar-refractivity contribution in [1.82, 2.24) is 5.32 Å². The van der Waals surface area contributed by atoms with Gasteiger partial charge < -0.3 is 14.8 Å². The molecule has 0 aromatic rings. The number of nitrogens with one attached hydrogen (secondary N) is 1. The molecule has 1 N–H and O–H groups in total. The van der Waals surface area contributed by atoms with Crippen molar-refractivity contribution in [2.75, 3.05) is 6.54 Å². The fourth-order valence-corrected chi connectivity index (χ4v) is 3.74. The van der Waals surface area contributed by atoms with Gasteiger partial charge in [-0.25, -0.2) is 0 Å². The van der Waals surface area contributed by atoms with Gasteiger partial charge in [-0.15, -0.1) is 0 Å². The highest BCUT2D eigenvalue weighted by Crippen LogP contribution is 2.47. The fourth-order valence-electron chi connectivity index (χ4n) is 3.74. The zero-order valence-corrected chi connectivity index (χ0v) is 15.4. The number of nitriles is 1. The minimum absolute atomic E-state index is 0.0676. The molecule has 134 valence electrons. The van der Waals surface area contributed by atoms with E-state index in [1.54, 1.807) is 0 Å². The van der Waals surface area contributed by atoms with Gasteiger partial charge in [0.1, 0.15) is 11.2 Å². The molecule has 1 unspecified atom stereocenters. The Morgan fingerprint density at radius 2 is 1.50 bits per heavy atom. The Labute approximate surface area is 143 Å². The number of esters is 2. The predicted octanol–water partition coefficient (Wildman–Crippen LogP) is 2.03. The van der Waals surface area contributed by atoms with E-state index >= 15 is 0 Å². The average Bonchev–Trinajstić information content (AvgIpc) is 2.92. The van der Waals surface area contributed by atoms with Crippen LogP contribution in [0.3, 0.4) is 0 Å². The van der Waals surface area contributed by atoms with Crippen LogP contribution in [0, 0.1) is 35.0 Å². The monoisotopic (exact) mass is 336 g/mol. The van der Waals surface area contributed by atoms with Crippen molar-refractivity contribution in [1.29, 1.82) is 5.26 Å². The highest BCUT2D eigenvalue weighted by atomic mass is 16.6. The van der Waals surface area contributed by atoms with E-state index in [9.17, 15) is 14.9 Å². The lowest BCUT2D eigenvalue weighted by Gasteiger charge is -2.25. The summed E-state index contributed by atoms with van der Waals surface area (Å²) in [7, 11) is 0. The number of carbonyl (C=O) groups excluding carboxylic acids is 2. The molecule has 0 amide bonds. The van der Waals surface area contributed by atoms with Crippen molar-refractivity contribution in [2.45, 2.75) is 65.2 Å². The second-order valence-electron chi connectivity index (χ2n) is 8.77. The Morgan fingerprint density at radius 3 is 1.96 bits per heavy atom. The van der Waals surface area contributed by atoms with E-state index in [0.717, 1.165) is 0 Å². The van der Waals surface area contributed by atoms with Gasteiger partial charge in [0.15, 0.2) is 0 Å². The van der Waals surface area contributed by atoms with Gasteiger partial charge in [-0.05, 0) is 53.9 Å². The number of ether oxygens (including phenoxy) is 2. The summed E-state index contributed by atoms with van der Waals surface area (Å²) < 4.78 is 11.0. The van der Waals surface area contributed by atoms with Crippen molar-refractivity contribution in [3.8, 4) is 6.07 Å². The average molecular weight is 336 g/mol. The molecule has 2 aliphatic rings. The molecule has 1 saturated carbocycles. The number of hydrogen-bond donors (Lipinski definition) is 1. The summed E-state index contributed by atoms with van der Waals surface area (Å²) in [6.07, 6.45) is 0.388. The van der Waals surface area contributed by atoms with E-state index in [0.29, 0.717) is 13.0 Å². The third kappa shape index (κ3) is 4.07. The van der Waals surface area contributed by atoms with Crippen LogP contribution in [0.15, 0.2) is 0 Å². The van der Waals surface area contributed by atoms with Gasteiger partial charge in [-0.2, -0.15) is 5.26 Å². The normalized spacial score (nSPS) is 32.8. The maximum atomic E-state index is 12.6. The lowest BCUT2D eigenvalue weighted by Crippen LogP contribution is -2.36. The third-order valence-corrected chi connectivity index (χ3v) is 4.50.